The fourth-order valence-electron chi connectivity index (χ4n) is 1.72. The second kappa shape index (κ2) is 6.30. The maximum atomic E-state index is 11.2. The van der Waals surface area contributed by atoms with Crippen molar-refractivity contribution in [3.8, 4) is 11.5 Å². The number of hydrogen-bond acceptors (Lipinski definition) is 3. The second-order valence-electron chi connectivity index (χ2n) is 4.05. The van der Waals surface area contributed by atoms with Gasteiger partial charge in [-0.3, -0.25) is 0 Å². The topological polar surface area (TPSA) is 55.8 Å². The zero-order valence-electron chi connectivity index (χ0n) is 10.8. The summed E-state index contributed by atoms with van der Waals surface area (Å²) in [6.07, 6.45) is 0. The van der Waals surface area contributed by atoms with Crippen molar-refractivity contribution < 1.29 is 19.4 Å². The number of carboxylic acid groups (broad SMARTS) is 1. The molecular weight excluding hydrogens is 280 g/mol. The summed E-state index contributed by atoms with van der Waals surface area (Å²) in [4.78, 5) is 11.2. The van der Waals surface area contributed by atoms with Crippen molar-refractivity contribution in [2.24, 2.45) is 0 Å². The molecule has 1 N–H and O–H groups in total. The number of carboxylic acids is 1. The molecule has 0 aromatic heterocycles. The lowest BCUT2D eigenvalue weighted by molar-refractivity contribution is 0.0692. The Morgan fingerprint density at radius 2 is 1.90 bits per heavy atom. The van der Waals surface area contributed by atoms with E-state index in [1.165, 1.54) is 6.07 Å². The summed E-state index contributed by atoms with van der Waals surface area (Å²) in [5.41, 5.74) is 0.879. The van der Waals surface area contributed by atoms with Crippen LogP contribution in [0.25, 0.3) is 0 Å². The number of rotatable bonds is 5. The normalized spacial score (nSPS) is 10.1. The smallest absolute Gasteiger partial charge is 0.341 e. The molecule has 0 spiro atoms. The van der Waals surface area contributed by atoms with Gasteiger partial charge < -0.3 is 14.6 Å². The molecule has 104 valence electrons. The first kappa shape index (κ1) is 14.2. The molecular formula is C15H13ClO4. The first-order valence-corrected chi connectivity index (χ1v) is 6.27. The quantitative estimate of drug-likeness (QED) is 0.914. The van der Waals surface area contributed by atoms with Crippen molar-refractivity contribution in [1.29, 1.82) is 0 Å². The third-order valence-electron chi connectivity index (χ3n) is 2.74. The van der Waals surface area contributed by atoms with E-state index >= 15 is 0 Å². The minimum absolute atomic E-state index is 0.0253. The van der Waals surface area contributed by atoms with Gasteiger partial charge in [0.15, 0.2) is 0 Å². The van der Waals surface area contributed by atoms with Gasteiger partial charge in [-0.05, 0) is 29.8 Å². The van der Waals surface area contributed by atoms with Crippen molar-refractivity contribution in [2.45, 2.75) is 6.61 Å². The van der Waals surface area contributed by atoms with E-state index in [0.717, 1.165) is 11.3 Å². The van der Waals surface area contributed by atoms with Gasteiger partial charge in [0.2, 0.25) is 0 Å². The molecule has 0 aliphatic heterocycles. The lowest BCUT2D eigenvalue weighted by atomic mass is 10.2. The number of benzene rings is 2. The van der Waals surface area contributed by atoms with Gasteiger partial charge >= 0.3 is 5.97 Å². The van der Waals surface area contributed by atoms with Crippen LogP contribution in [0.2, 0.25) is 5.02 Å². The Labute approximate surface area is 121 Å². The maximum Gasteiger partial charge on any atom is 0.341 e. The highest BCUT2D eigenvalue weighted by Gasteiger charge is 2.15. The van der Waals surface area contributed by atoms with Gasteiger partial charge in [0.25, 0.3) is 0 Å². The van der Waals surface area contributed by atoms with Crippen molar-refractivity contribution in [3.05, 3.63) is 58.6 Å². The highest BCUT2D eigenvalue weighted by molar-refractivity contribution is 6.33. The van der Waals surface area contributed by atoms with E-state index < -0.39 is 5.97 Å². The molecule has 0 aliphatic rings. The van der Waals surface area contributed by atoms with E-state index in [1.54, 1.807) is 19.2 Å². The Hall–Kier alpha value is -2.20. The van der Waals surface area contributed by atoms with Gasteiger partial charge in [-0.2, -0.15) is 0 Å². The maximum absolute atomic E-state index is 11.2. The van der Waals surface area contributed by atoms with Crippen LogP contribution in [0.1, 0.15) is 15.9 Å². The van der Waals surface area contributed by atoms with Gasteiger partial charge in [-0.15, -0.1) is 0 Å². The molecule has 20 heavy (non-hydrogen) atoms. The minimum Gasteiger partial charge on any atom is -0.497 e. The number of hydrogen-bond donors (Lipinski definition) is 1. The van der Waals surface area contributed by atoms with Crippen LogP contribution < -0.4 is 9.47 Å². The Balaban J connectivity index is 2.14. The minimum atomic E-state index is -1.11. The number of halogens is 1. The van der Waals surface area contributed by atoms with E-state index in [-0.39, 0.29) is 22.9 Å². The van der Waals surface area contributed by atoms with Crippen molar-refractivity contribution in [1.82, 2.24) is 0 Å². The first-order chi connectivity index (χ1) is 9.61. The Morgan fingerprint density at radius 1 is 1.20 bits per heavy atom. The molecule has 0 unspecified atom stereocenters. The van der Waals surface area contributed by atoms with Gasteiger partial charge in [-0.1, -0.05) is 29.8 Å². The predicted octanol–water partition coefficient (Wildman–Crippen LogP) is 3.63. The van der Waals surface area contributed by atoms with Crippen LogP contribution in [0.5, 0.6) is 11.5 Å². The van der Waals surface area contributed by atoms with Gasteiger partial charge in [0.05, 0.1) is 12.1 Å². The van der Waals surface area contributed by atoms with E-state index in [0.29, 0.717) is 0 Å². The summed E-state index contributed by atoms with van der Waals surface area (Å²) in [7, 11) is 1.59. The number of carbonyl (C=O) groups is 1. The van der Waals surface area contributed by atoms with Crippen LogP contribution >= 0.6 is 11.6 Å². The standard InChI is InChI=1S/C15H13ClO4/c1-19-11-7-5-10(6-8-11)9-20-13-4-2-3-12(16)14(13)15(17)18/h2-8H,9H2,1H3,(H,17,18). The molecule has 2 aromatic carbocycles. The summed E-state index contributed by atoms with van der Waals surface area (Å²) in [6.45, 7) is 0.255. The molecule has 0 fully saturated rings. The molecule has 0 amide bonds. The van der Waals surface area contributed by atoms with Crippen LogP contribution in [0.3, 0.4) is 0 Å². The average molecular weight is 293 g/mol. The van der Waals surface area contributed by atoms with E-state index in [4.69, 9.17) is 26.2 Å². The Kier molecular flexibility index (Phi) is 4.48. The highest BCUT2D eigenvalue weighted by atomic mass is 35.5. The van der Waals surface area contributed by atoms with Gasteiger partial charge in [-0.25, -0.2) is 4.79 Å². The second-order valence-corrected chi connectivity index (χ2v) is 4.46. The zero-order chi connectivity index (χ0) is 14.5. The van der Waals surface area contributed by atoms with E-state index in [9.17, 15) is 4.79 Å². The van der Waals surface area contributed by atoms with Crippen LogP contribution in [0.4, 0.5) is 0 Å². The Bertz CT molecular complexity index is 608. The summed E-state index contributed by atoms with van der Waals surface area (Å²) in [6, 6.07) is 12.1. The van der Waals surface area contributed by atoms with Crippen molar-refractivity contribution in [3.63, 3.8) is 0 Å². The fourth-order valence-corrected chi connectivity index (χ4v) is 1.96. The monoisotopic (exact) mass is 292 g/mol. The zero-order valence-corrected chi connectivity index (χ0v) is 11.6. The van der Waals surface area contributed by atoms with Crippen LogP contribution in [-0.4, -0.2) is 18.2 Å². The van der Waals surface area contributed by atoms with Gasteiger partial charge in [0.1, 0.15) is 23.7 Å². The van der Waals surface area contributed by atoms with Crippen molar-refractivity contribution in [2.75, 3.05) is 7.11 Å². The fraction of sp³-hybridized carbons (Fsp3) is 0.133. The molecule has 0 saturated carbocycles. The predicted molar refractivity (Wildman–Crippen MR) is 75.7 cm³/mol. The summed E-state index contributed by atoms with van der Waals surface area (Å²) >= 11 is 5.87. The molecule has 0 atom stereocenters. The molecule has 0 saturated heterocycles. The number of ether oxygens (including phenoxy) is 2. The first-order valence-electron chi connectivity index (χ1n) is 5.89. The van der Waals surface area contributed by atoms with Gasteiger partial charge in [0, 0.05) is 0 Å². The highest BCUT2D eigenvalue weighted by Crippen LogP contribution is 2.27. The summed E-state index contributed by atoms with van der Waals surface area (Å²) in [5, 5.41) is 9.29. The molecule has 0 aliphatic carbocycles. The third-order valence-corrected chi connectivity index (χ3v) is 3.06. The Morgan fingerprint density at radius 3 is 2.50 bits per heavy atom. The van der Waals surface area contributed by atoms with Crippen LogP contribution in [0.15, 0.2) is 42.5 Å². The average Bonchev–Trinajstić information content (AvgIpc) is 2.45. The third kappa shape index (κ3) is 3.22. The number of aromatic carboxylic acids is 1. The van der Waals surface area contributed by atoms with Crippen LogP contribution in [0, 0.1) is 0 Å². The summed E-state index contributed by atoms with van der Waals surface area (Å²) in [5.74, 6) is -0.108. The molecule has 0 heterocycles. The molecule has 4 nitrogen and oxygen atoms in total. The molecule has 5 heteroatoms. The van der Waals surface area contributed by atoms with E-state index in [1.807, 2.05) is 24.3 Å². The molecule has 0 bridgehead atoms. The van der Waals surface area contributed by atoms with Crippen molar-refractivity contribution >= 4 is 17.6 Å². The lowest BCUT2D eigenvalue weighted by Gasteiger charge is -2.10. The van der Waals surface area contributed by atoms with E-state index in [2.05, 4.69) is 0 Å². The lowest BCUT2D eigenvalue weighted by Crippen LogP contribution is -2.04. The van der Waals surface area contributed by atoms with Crippen LogP contribution in [-0.2, 0) is 6.61 Å². The summed E-state index contributed by atoms with van der Waals surface area (Å²) < 4.78 is 10.6. The number of methoxy groups -OCH3 is 1. The molecule has 2 rings (SSSR count). The molecule has 2 aromatic rings. The largest absolute Gasteiger partial charge is 0.497 e. The SMILES string of the molecule is COc1ccc(COc2cccc(Cl)c2C(=O)O)cc1. The molecule has 0 radical (unpaired) electrons.